The van der Waals surface area contributed by atoms with Crippen LogP contribution in [0.5, 0.6) is 11.5 Å². The van der Waals surface area contributed by atoms with E-state index in [4.69, 9.17) is 21.1 Å². The Balaban J connectivity index is 2.72. The summed E-state index contributed by atoms with van der Waals surface area (Å²) in [4.78, 5) is 23.1. The smallest absolute Gasteiger partial charge is 0.329 e. The average molecular weight is 356 g/mol. The van der Waals surface area contributed by atoms with Crippen molar-refractivity contribution in [1.82, 2.24) is 10.7 Å². The number of methoxy groups -OCH3 is 1. The Morgan fingerprint density at radius 1 is 1.33 bits per heavy atom. The highest BCUT2D eigenvalue weighted by atomic mass is 35.5. The molecule has 0 spiro atoms. The van der Waals surface area contributed by atoms with Crippen molar-refractivity contribution in [1.29, 1.82) is 0 Å². The first-order chi connectivity index (χ1) is 11.4. The third-order valence-electron chi connectivity index (χ3n) is 2.80. The van der Waals surface area contributed by atoms with Crippen LogP contribution >= 0.6 is 11.6 Å². The topological polar surface area (TPSA) is 89.0 Å². The quantitative estimate of drug-likeness (QED) is 0.444. The zero-order chi connectivity index (χ0) is 18.1. The van der Waals surface area contributed by atoms with E-state index in [2.05, 4.69) is 15.8 Å². The number of hydrogen-bond acceptors (Lipinski definition) is 5. The van der Waals surface area contributed by atoms with Crippen LogP contribution in [-0.4, -0.2) is 38.3 Å². The van der Waals surface area contributed by atoms with Crippen LogP contribution in [0.3, 0.4) is 0 Å². The molecule has 1 rings (SSSR count). The fourth-order valence-corrected chi connectivity index (χ4v) is 1.97. The molecule has 132 valence electrons. The van der Waals surface area contributed by atoms with Gasteiger partial charge in [-0.05, 0) is 30.5 Å². The number of hydrazone groups is 1. The molecule has 0 unspecified atom stereocenters. The summed E-state index contributed by atoms with van der Waals surface area (Å²) >= 11 is 6.14. The van der Waals surface area contributed by atoms with Gasteiger partial charge in [0.15, 0.2) is 11.5 Å². The van der Waals surface area contributed by atoms with Gasteiger partial charge in [0.1, 0.15) is 0 Å². The van der Waals surface area contributed by atoms with E-state index in [9.17, 15) is 9.59 Å². The molecule has 0 atom stereocenters. The van der Waals surface area contributed by atoms with Crippen molar-refractivity contribution in [3.8, 4) is 11.5 Å². The SMILES string of the molecule is CCOc1c(Cl)cc(/C=N\NC(=O)C(=O)NCC(C)C)cc1OC. The van der Waals surface area contributed by atoms with Crippen LogP contribution in [0.25, 0.3) is 0 Å². The van der Waals surface area contributed by atoms with Crippen molar-refractivity contribution in [2.75, 3.05) is 20.3 Å². The molecule has 0 fully saturated rings. The minimum atomic E-state index is -0.837. The van der Waals surface area contributed by atoms with E-state index in [0.717, 1.165) is 0 Å². The fourth-order valence-electron chi connectivity index (χ4n) is 1.69. The zero-order valence-electron chi connectivity index (χ0n) is 14.2. The number of halogens is 1. The molecular weight excluding hydrogens is 334 g/mol. The van der Waals surface area contributed by atoms with Gasteiger partial charge in [-0.2, -0.15) is 5.10 Å². The molecule has 0 bridgehead atoms. The summed E-state index contributed by atoms with van der Waals surface area (Å²) in [7, 11) is 1.50. The number of nitrogens with zero attached hydrogens (tertiary/aromatic N) is 1. The van der Waals surface area contributed by atoms with Crippen molar-refractivity contribution >= 4 is 29.6 Å². The molecular formula is C16H22ClN3O4. The van der Waals surface area contributed by atoms with E-state index in [1.165, 1.54) is 13.3 Å². The standard InChI is InChI=1S/C16H22ClN3O4/c1-5-24-14-12(17)6-11(7-13(14)23-4)9-19-20-16(22)15(21)18-8-10(2)3/h6-7,9-10H,5,8H2,1-4H3,(H,18,21)(H,20,22)/b19-9-. The highest BCUT2D eigenvalue weighted by Crippen LogP contribution is 2.35. The molecule has 0 aliphatic carbocycles. The molecule has 0 aliphatic heterocycles. The molecule has 7 nitrogen and oxygen atoms in total. The number of benzene rings is 1. The molecule has 2 amide bonds. The van der Waals surface area contributed by atoms with Gasteiger partial charge in [0.05, 0.1) is 25.0 Å². The number of amides is 2. The Hall–Kier alpha value is -2.28. The number of rotatable bonds is 7. The Labute approximate surface area is 146 Å². The number of carbonyl (C=O) groups excluding carboxylic acids is 2. The first kappa shape index (κ1) is 19.8. The second-order valence-corrected chi connectivity index (χ2v) is 5.68. The predicted molar refractivity (Wildman–Crippen MR) is 92.8 cm³/mol. The van der Waals surface area contributed by atoms with Crippen LogP contribution in [0, 0.1) is 5.92 Å². The third-order valence-corrected chi connectivity index (χ3v) is 3.08. The van der Waals surface area contributed by atoms with Gasteiger partial charge >= 0.3 is 11.8 Å². The lowest BCUT2D eigenvalue weighted by Crippen LogP contribution is -2.39. The molecule has 0 aromatic heterocycles. The maximum Gasteiger partial charge on any atom is 0.329 e. The summed E-state index contributed by atoms with van der Waals surface area (Å²) in [6.45, 7) is 6.57. The van der Waals surface area contributed by atoms with Gasteiger partial charge in [0, 0.05) is 6.54 Å². The highest BCUT2D eigenvalue weighted by molar-refractivity contribution is 6.35. The Kier molecular flexibility index (Phi) is 8.05. The normalized spacial score (nSPS) is 10.8. The lowest BCUT2D eigenvalue weighted by molar-refractivity contribution is -0.139. The molecule has 1 aromatic carbocycles. The van der Waals surface area contributed by atoms with Gasteiger partial charge in [-0.1, -0.05) is 25.4 Å². The summed E-state index contributed by atoms with van der Waals surface area (Å²) in [6.07, 6.45) is 1.36. The molecule has 2 N–H and O–H groups in total. The van der Waals surface area contributed by atoms with E-state index >= 15 is 0 Å². The first-order valence-electron chi connectivity index (χ1n) is 7.50. The lowest BCUT2D eigenvalue weighted by Gasteiger charge is -2.11. The summed E-state index contributed by atoms with van der Waals surface area (Å²) in [6, 6.07) is 3.27. The second-order valence-electron chi connectivity index (χ2n) is 5.27. The Bertz CT molecular complexity index is 618. The molecule has 0 saturated heterocycles. The van der Waals surface area contributed by atoms with Crippen molar-refractivity contribution in [3.05, 3.63) is 22.7 Å². The highest BCUT2D eigenvalue weighted by Gasteiger charge is 2.13. The zero-order valence-corrected chi connectivity index (χ0v) is 14.9. The van der Waals surface area contributed by atoms with E-state index in [1.807, 2.05) is 20.8 Å². The van der Waals surface area contributed by atoms with Crippen molar-refractivity contribution in [2.24, 2.45) is 11.0 Å². The Morgan fingerprint density at radius 3 is 2.62 bits per heavy atom. The lowest BCUT2D eigenvalue weighted by atomic mass is 10.2. The van der Waals surface area contributed by atoms with Crippen LogP contribution in [0.2, 0.25) is 5.02 Å². The van der Waals surface area contributed by atoms with Gasteiger partial charge in [-0.25, -0.2) is 5.43 Å². The second kappa shape index (κ2) is 9.77. The van der Waals surface area contributed by atoms with Gasteiger partial charge in [-0.3, -0.25) is 9.59 Å². The maximum absolute atomic E-state index is 11.6. The van der Waals surface area contributed by atoms with Gasteiger partial charge in [0.25, 0.3) is 0 Å². The van der Waals surface area contributed by atoms with E-state index in [0.29, 0.717) is 35.2 Å². The Morgan fingerprint density at radius 2 is 2.04 bits per heavy atom. The van der Waals surface area contributed by atoms with Crippen LogP contribution in [0.1, 0.15) is 26.3 Å². The molecule has 24 heavy (non-hydrogen) atoms. The monoisotopic (exact) mass is 355 g/mol. The summed E-state index contributed by atoms with van der Waals surface area (Å²) in [5, 5.41) is 6.60. The van der Waals surface area contributed by atoms with E-state index < -0.39 is 11.8 Å². The van der Waals surface area contributed by atoms with Crippen LogP contribution in [0.4, 0.5) is 0 Å². The van der Waals surface area contributed by atoms with Crippen molar-refractivity contribution in [2.45, 2.75) is 20.8 Å². The van der Waals surface area contributed by atoms with Gasteiger partial charge < -0.3 is 14.8 Å². The fraction of sp³-hybridized carbons (Fsp3) is 0.438. The third kappa shape index (κ3) is 6.08. The first-order valence-corrected chi connectivity index (χ1v) is 7.88. The number of nitrogens with one attached hydrogen (secondary N) is 2. The molecule has 0 aliphatic rings. The summed E-state index contributed by atoms with van der Waals surface area (Å²) in [5.74, 6) is -0.425. The molecule has 1 aromatic rings. The van der Waals surface area contributed by atoms with Gasteiger partial charge in [0.2, 0.25) is 0 Å². The molecule has 0 radical (unpaired) electrons. The minimum absolute atomic E-state index is 0.253. The minimum Gasteiger partial charge on any atom is -0.493 e. The largest absolute Gasteiger partial charge is 0.493 e. The van der Waals surface area contributed by atoms with E-state index in [1.54, 1.807) is 12.1 Å². The van der Waals surface area contributed by atoms with Crippen molar-refractivity contribution in [3.63, 3.8) is 0 Å². The molecule has 0 saturated carbocycles. The van der Waals surface area contributed by atoms with E-state index in [-0.39, 0.29) is 5.92 Å². The maximum atomic E-state index is 11.6. The molecule has 8 heteroatoms. The summed E-state index contributed by atoms with van der Waals surface area (Å²) < 4.78 is 10.6. The molecule has 0 heterocycles. The van der Waals surface area contributed by atoms with Crippen LogP contribution < -0.4 is 20.2 Å². The predicted octanol–water partition coefficient (Wildman–Crippen LogP) is 1.97. The number of ether oxygens (including phenoxy) is 2. The van der Waals surface area contributed by atoms with Crippen LogP contribution in [0.15, 0.2) is 17.2 Å². The average Bonchev–Trinajstić information content (AvgIpc) is 2.54. The number of hydrogen-bond donors (Lipinski definition) is 2. The number of carbonyl (C=O) groups is 2. The summed E-state index contributed by atoms with van der Waals surface area (Å²) in [5.41, 5.74) is 2.74. The van der Waals surface area contributed by atoms with Crippen LogP contribution in [-0.2, 0) is 9.59 Å². The van der Waals surface area contributed by atoms with Gasteiger partial charge in [-0.15, -0.1) is 0 Å². The van der Waals surface area contributed by atoms with Crippen molar-refractivity contribution < 1.29 is 19.1 Å².